The van der Waals surface area contributed by atoms with E-state index < -0.39 is 300 Å². The Morgan fingerprint density at radius 2 is 1.00 bits per heavy atom. The smallest absolute Gasteiger partial charge is 0.407 e. The van der Waals surface area contributed by atoms with Crippen molar-refractivity contribution in [1.82, 2.24) is 16.0 Å². The maximum Gasteiger partial charge on any atom is 0.407 e. The van der Waals surface area contributed by atoms with Crippen LogP contribution in [0.2, 0.25) is 0 Å². The Kier molecular flexibility index (Phi) is 34.7. The van der Waals surface area contributed by atoms with Crippen molar-refractivity contribution in [2.45, 2.75) is 255 Å². The Balaban J connectivity index is 1.22. The van der Waals surface area contributed by atoms with Crippen molar-refractivity contribution in [3.8, 4) is 11.1 Å². The number of carbonyl (C=O) groups is 17. The summed E-state index contributed by atoms with van der Waals surface area (Å²) in [4.78, 5) is 234. The summed E-state index contributed by atoms with van der Waals surface area (Å²) in [5.41, 5.74) is 14.6. The van der Waals surface area contributed by atoms with Gasteiger partial charge >= 0.3 is 89.7 Å². The van der Waals surface area contributed by atoms with E-state index in [2.05, 4.69) is 26.0 Å². The van der Waals surface area contributed by atoms with Crippen molar-refractivity contribution >= 4 is 101 Å². The molecule has 0 bridgehead atoms. The van der Waals surface area contributed by atoms with E-state index in [4.69, 9.17) is 109 Å². The number of alkyl carbamates (subject to hydrolysis) is 1. The molecule has 696 valence electrons. The molecule has 3 aromatic carbocycles. The molecule has 5 saturated heterocycles. The van der Waals surface area contributed by atoms with Gasteiger partial charge in [0.15, 0.2) is 61.3 Å². The average Bonchev–Trinajstić information content (AvgIpc) is 0.926. The van der Waals surface area contributed by atoms with Gasteiger partial charge < -0.3 is 125 Å². The van der Waals surface area contributed by atoms with Crippen LogP contribution in [0.4, 0.5) is 4.79 Å². The first-order chi connectivity index (χ1) is 60.6. The van der Waals surface area contributed by atoms with E-state index in [-0.39, 0.29) is 6.61 Å². The minimum atomic E-state index is -3.16. The number of hydrogen-bond acceptors (Lipinski definition) is 41. The number of nitrogens with zero attached hydrogens (tertiary/aromatic N) is 3. The first kappa shape index (κ1) is 99.2. The molecule has 23 atom stereocenters. The Morgan fingerprint density at radius 3 is 1.50 bits per heavy atom. The fraction of sp³-hybridized carbons (Fsp3) is 0.573. The summed E-state index contributed by atoms with van der Waals surface area (Å²) in [5, 5.41) is 11.5. The van der Waals surface area contributed by atoms with Gasteiger partial charge in [0.2, 0.25) is 11.8 Å². The molecule has 1 spiro atoms. The lowest BCUT2D eigenvalue weighted by atomic mass is 9.86. The minimum absolute atomic E-state index is 0.321. The number of fused-ring (bicyclic) bond motifs is 4. The first-order valence-electron chi connectivity index (χ1n) is 39.9. The maximum absolute atomic E-state index is 15.4. The highest BCUT2D eigenvalue weighted by Gasteiger charge is 2.68. The third-order valence-electron chi connectivity index (χ3n) is 20.2. The van der Waals surface area contributed by atoms with Crippen molar-refractivity contribution in [3.63, 3.8) is 0 Å². The molecule has 0 aromatic heterocycles. The van der Waals surface area contributed by atoms with Crippen LogP contribution in [-0.4, -0.2) is 288 Å². The van der Waals surface area contributed by atoms with Gasteiger partial charge in [-0.3, -0.25) is 62.3 Å². The quantitative estimate of drug-likeness (QED) is 0.0245. The molecule has 3 amide bonds. The molecule has 1 aliphatic carbocycles. The molecule has 5 aliphatic heterocycles. The van der Waals surface area contributed by atoms with Gasteiger partial charge in [-0.2, -0.15) is 0 Å². The average molecular weight is 1810 g/mol. The zero-order valence-corrected chi connectivity index (χ0v) is 71.7. The molecular formula is C82H98N6O40. The van der Waals surface area contributed by atoms with Gasteiger partial charge in [-0.05, 0) is 33.3 Å². The molecule has 6 unspecified atom stereocenters. The van der Waals surface area contributed by atoms with Gasteiger partial charge in [0.1, 0.15) is 87.9 Å². The predicted octanol–water partition coefficient (Wildman–Crippen LogP) is 1.79. The molecular weight excluding hydrogens is 1710 g/mol. The third kappa shape index (κ3) is 25.9. The van der Waals surface area contributed by atoms with Crippen LogP contribution in [0.25, 0.3) is 21.6 Å². The largest absolute Gasteiger partial charge is 0.465 e. The van der Waals surface area contributed by atoms with E-state index in [0.717, 1.165) is 119 Å². The highest BCUT2D eigenvalue weighted by Crippen LogP contribution is 2.48. The van der Waals surface area contributed by atoms with Crippen LogP contribution < -0.4 is 16.0 Å². The van der Waals surface area contributed by atoms with E-state index in [9.17, 15) is 77.4 Å². The van der Waals surface area contributed by atoms with Gasteiger partial charge in [-0.15, -0.1) is 0 Å². The van der Waals surface area contributed by atoms with Crippen molar-refractivity contribution < 1.29 is 190 Å². The van der Waals surface area contributed by atoms with Crippen molar-refractivity contribution in [2.24, 2.45) is 5.11 Å². The maximum atomic E-state index is 15.4. The van der Waals surface area contributed by atoms with Crippen molar-refractivity contribution in [1.29, 1.82) is 0 Å². The molecule has 46 heteroatoms. The number of rotatable bonds is 36. The highest BCUT2D eigenvalue weighted by molar-refractivity contribution is 5.84. The number of methoxy groups -OCH3 is 1. The van der Waals surface area contributed by atoms with Crippen LogP contribution in [0.15, 0.2) is 84.0 Å². The molecule has 128 heavy (non-hydrogen) atoms. The van der Waals surface area contributed by atoms with E-state index in [0.29, 0.717) is 5.56 Å². The summed E-state index contributed by atoms with van der Waals surface area (Å²) in [6.45, 7) is 5.82. The summed E-state index contributed by atoms with van der Waals surface area (Å²) in [6, 6.07) is 15.0. The molecule has 46 nitrogen and oxygen atoms in total. The summed E-state index contributed by atoms with van der Waals surface area (Å²) in [6.07, 6.45) is -39.8. The number of nitrogens with one attached hydrogen (secondary N) is 3. The zero-order chi connectivity index (χ0) is 93.8. The fourth-order valence-corrected chi connectivity index (χ4v) is 15.4. The van der Waals surface area contributed by atoms with E-state index in [1.165, 1.54) is 0 Å². The van der Waals surface area contributed by atoms with Crippen LogP contribution in [0.1, 0.15) is 125 Å². The normalized spacial score (nSPS) is 27.2. The Hall–Kier alpha value is -12.6. The third-order valence-corrected chi connectivity index (χ3v) is 20.2. The second-order valence-corrected chi connectivity index (χ2v) is 29.9. The van der Waals surface area contributed by atoms with E-state index in [1.54, 1.807) is 42.5 Å². The topological polar surface area (TPSA) is 587 Å². The standard InChI is InChI=1S/C82H98N6O40/c1-37(89)84-63-57(114-42(6)94)28-81(78(103)106-14,126-71(63)67(119-47(11)99)59(116-44(8)96)33-107-39(3)91)113-36-62-66(118-46(10)98)70(65(87-88-83)76(122-62)111-32-56(75(102)110-30-50-22-16-15-17-23-50)86-80(105)112-31-55-53-26-20-18-24-51(53)52-25-19-21-27-54(52)55)124-77-74(121-49(13)101)73-69(61(123-77)35-109-41(5)93)125-79(104)82(128-73)29-58(115-43(7)95)64(85-38(2)90)72(127-82)68(120-48(12)100)60(117-45(9)97)34-108-40(4)92/h15-27,55-74,76-77H,28-36H2,1-14H3,(H,84,89)(H,85,90)(H,86,105)/t56-,57+,58+,59+,60+,61?,62?,63+,64+,65?,66-,67+,68+,69-,70+,71?,72?,73?,74-,76-,77-,81+,82-/m0/s1. The number of amides is 3. The van der Waals surface area contributed by atoms with Crippen molar-refractivity contribution in [3.05, 3.63) is 106 Å². The number of esters is 14. The Morgan fingerprint density at radius 1 is 0.500 bits per heavy atom. The van der Waals surface area contributed by atoms with Gasteiger partial charge in [0.25, 0.3) is 11.6 Å². The van der Waals surface area contributed by atoms with E-state index >= 15 is 9.59 Å². The fourth-order valence-electron chi connectivity index (χ4n) is 15.4. The van der Waals surface area contributed by atoms with Crippen LogP contribution in [0.5, 0.6) is 0 Å². The zero-order valence-electron chi connectivity index (χ0n) is 71.7. The van der Waals surface area contributed by atoms with Crippen LogP contribution in [0.3, 0.4) is 0 Å². The first-order valence-corrected chi connectivity index (χ1v) is 39.9. The summed E-state index contributed by atoms with van der Waals surface area (Å²) >= 11 is 0. The number of carbonyl (C=O) groups excluding carboxylic acids is 17. The number of benzene rings is 3. The van der Waals surface area contributed by atoms with Crippen molar-refractivity contribution in [2.75, 3.05) is 46.8 Å². The SMILES string of the molecule is COC(=O)[C@@]1(OCC2O[C@H](OC[C@H](NC(=O)OCC3c4ccccc4-c4ccccc43)C(=O)OCc3ccccc3)C(N=[N+]=[N-])[C@@H](O[C@@H]3OC(COC(C)=O)[C@@H]4OC(=O)[C@]5(C[C@@H](OC(C)=O)[C@@H](NC(C)=O)C([C@H](OC(C)=O)[C@@H](COC(C)=O)OC(C)=O)O5)OC4[C@@H]3OC(C)=O)[C@H]2OC(C)=O)C[C@@H](OC(C)=O)[C@@H](NC(C)=O)C([C@H](OC(C)=O)[C@@H](COC(C)=O)OC(C)=O)O1. The molecule has 9 rings (SSSR count). The van der Waals surface area contributed by atoms with Gasteiger partial charge in [0, 0.05) is 101 Å². The second-order valence-electron chi connectivity index (χ2n) is 29.9. The Bertz CT molecular complexity index is 4610. The molecule has 6 aliphatic rings. The van der Waals surface area contributed by atoms with Gasteiger partial charge in [-0.25, -0.2) is 19.2 Å². The molecule has 0 radical (unpaired) electrons. The highest BCUT2D eigenvalue weighted by atomic mass is 16.8. The van der Waals surface area contributed by atoms with Crippen LogP contribution >= 0.6 is 0 Å². The molecule has 3 aromatic rings. The lowest BCUT2D eigenvalue weighted by Crippen LogP contribution is -2.75. The summed E-state index contributed by atoms with van der Waals surface area (Å²) < 4.78 is 138. The molecule has 3 N–H and O–H groups in total. The van der Waals surface area contributed by atoms with E-state index in [1.807, 2.05) is 36.4 Å². The van der Waals surface area contributed by atoms with Gasteiger partial charge in [-0.1, -0.05) is 84.0 Å². The predicted molar refractivity (Wildman–Crippen MR) is 416 cm³/mol. The molecule has 0 saturated carbocycles. The molecule has 5 fully saturated rings. The second kappa shape index (κ2) is 44.7. The van der Waals surface area contributed by atoms with Gasteiger partial charge in [0.05, 0.1) is 45.2 Å². The van der Waals surface area contributed by atoms with Crippen LogP contribution in [0, 0.1) is 0 Å². The molecule has 5 heterocycles. The Labute approximate surface area is 729 Å². The summed E-state index contributed by atoms with van der Waals surface area (Å²) in [7, 11) is 0.809. The number of hydrogen-bond donors (Lipinski definition) is 3. The van der Waals surface area contributed by atoms with Crippen LogP contribution in [-0.2, 0) is 192 Å². The lowest BCUT2D eigenvalue weighted by molar-refractivity contribution is -0.402. The number of azide groups is 1. The lowest BCUT2D eigenvalue weighted by Gasteiger charge is -2.55. The summed E-state index contributed by atoms with van der Waals surface area (Å²) in [5.74, 6) is -25.3. The number of ether oxygens (including phenoxy) is 23. The monoisotopic (exact) mass is 1810 g/mol. The minimum Gasteiger partial charge on any atom is -0.465 e.